The molecular formula is C20H20N4O3. The Hall–Kier alpha value is -3.35. The van der Waals surface area contributed by atoms with E-state index in [0.29, 0.717) is 25.9 Å². The molecule has 0 fully saturated rings. The molecule has 0 saturated heterocycles. The summed E-state index contributed by atoms with van der Waals surface area (Å²) in [7, 11) is 0. The van der Waals surface area contributed by atoms with Gasteiger partial charge in [-0.05, 0) is 48.7 Å². The third-order valence-electron chi connectivity index (χ3n) is 4.49. The number of rotatable bonds is 6. The number of ether oxygens (including phenoxy) is 1. The summed E-state index contributed by atoms with van der Waals surface area (Å²) >= 11 is 0. The second kappa shape index (κ2) is 7.49. The topological polar surface area (TPSA) is 85.2 Å². The lowest BCUT2D eigenvalue weighted by atomic mass is 10.0. The van der Waals surface area contributed by atoms with Crippen molar-refractivity contribution in [2.45, 2.75) is 25.7 Å². The van der Waals surface area contributed by atoms with Crippen LogP contribution in [0, 0.1) is 0 Å². The van der Waals surface area contributed by atoms with Gasteiger partial charge in [0.25, 0.3) is 0 Å². The fourth-order valence-corrected chi connectivity index (χ4v) is 3.11. The predicted octanol–water partition coefficient (Wildman–Crippen LogP) is 2.85. The number of nitrogens with one attached hydrogen (secondary N) is 2. The SMILES string of the molecule is O=C1CCc2cc(OCCCC(=O)Nn3cnc4ccccc43)ccc2N1. The Labute approximate surface area is 156 Å². The third-order valence-corrected chi connectivity index (χ3v) is 4.49. The summed E-state index contributed by atoms with van der Waals surface area (Å²) in [4.78, 5) is 27.8. The van der Waals surface area contributed by atoms with Crippen LogP contribution in [0.2, 0.25) is 0 Å². The minimum atomic E-state index is -0.0880. The van der Waals surface area contributed by atoms with Gasteiger partial charge in [0, 0.05) is 18.5 Å². The standard InChI is InChI=1S/C20H20N4O3/c25-19-10-7-14-12-15(8-9-16(14)22-19)27-11-3-6-20(26)23-24-13-21-17-4-1-2-5-18(17)24/h1-2,4-5,8-9,12-13H,3,6-7,10-11H2,(H,22,25)(H,23,26). The molecule has 27 heavy (non-hydrogen) atoms. The van der Waals surface area contributed by atoms with E-state index >= 15 is 0 Å². The molecule has 0 unspecified atom stereocenters. The lowest BCUT2D eigenvalue weighted by Crippen LogP contribution is -2.22. The molecule has 138 valence electrons. The average molecular weight is 364 g/mol. The van der Waals surface area contributed by atoms with E-state index < -0.39 is 0 Å². The largest absolute Gasteiger partial charge is 0.494 e. The van der Waals surface area contributed by atoms with E-state index in [1.807, 2.05) is 42.5 Å². The van der Waals surface area contributed by atoms with Crippen LogP contribution in [0.4, 0.5) is 5.69 Å². The minimum absolute atomic E-state index is 0.0489. The van der Waals surface area contributed by atoms with E-state index in [1.165, 1.54) is 0 Å². The van der Waals surface area contributed by atoms with E-state index in [9.17, 15) is 9.59 Å². The maximum absolute atomic E-state index is 12.1. The number of imidazole rings is 1. The van der Waals surface area contributed by atoms with Gasteiger partial charge in [-0.2, -0.15) is 0 Å². The molecule has 1 aromatic heterocycles. The zero-order valence-electron chi connectivity index (χ0n) is 14.8. The first-order valence-corrected chi connectivity index (χ1v) is 8.96. The van der Waals surface area contributed by atoms with Crippen LogP contribution in [0.15, 0.2) is 48.8 Å². The predicted molar refractivity (Wildman–Crippen MR) is 102 cm³/mol. The highest BCUT2D eigenvalue weighted by Crippen LogP contribution is 2.26. The van der Waals surface area contributed by atoms with Crippen molar-refractivity contribution in [3.63, 3.8) is 0 Å². The van der Waals surface area contributed by atoms with E-state index in [0.717, 1.165) is 34.5 Å². The first-order chi connectivity index (χ1) is 13.2. The van der Waals surface area contributed by atoms with E-state index in [-0.39, 0.29) is 11.8 Å². The molecule has 1 aliphatic rings. The van der Waals surface area contributed by atoms with Gasteiger partial charge < -0.3 is 10.1 Å². The fourth-order valence-electron chi connectivity index (χ4n) is 3.11. The molecule has 0 bridgehead atoms. The van der Waals surface area contributed by atoms with Crippen molar-refractivity contribution in [1.82, 2.24) is 9.66 Å². The van der Waals surface area contributed by atoms with Crippen molar-refractivity contribution >= 4 is 28.5 Å². The van der Waals surface area contributed by atoms with Crippen LogP contribution < -0.4 is 15.5 Å². The molecule has 2 N–H and O–H groups in total. The van der Waals surface area contributed by atoms with Crippen LogP contribution >= 0.6 is 0 Å². The van der Waals surface area contributed by atoms with Gasteiger partial charge in [0.05, 0.1) is 17.6 Å². The lowest BCUT2D eigenvalue weighted by molar-refractivity contribution is -0.117. The molecule has 2 amide bonds. The summed E-state index contributed by atoms with van der Waals surface area (Å²) in [5, 5.41) is 2.85. The second-order valence-corrected chi connectivity index (χ2v) is 6.46. The summed E-state index contributed by atoms with van der Waals surface area (Å²) in [6.45, 7) is 0.448. The Morgan fingerprint density at radius 3 is 3.04 bits per heavy atom. The number of fused-ring (bicyclic) bond motifs is 2. The average Bonchev–Trinajstić information content (AvgIpc) is 3.08. The number of para-hydroxylation sites is 2. The van der Waals surface area contributed by atoms with Crippen LogP contribution in [0.25, 0.3) is 11.0 Å². The molecule has 2 aromatic carbocycles. The van der Waals surface area contributed by atoms with Crippen molar-refractivity contribution in [2.75, 3.05) is 17.3 Å². The van der Waals surface area contributed by atoms with Crippen molar-refractivity contribution in [3.05, 3.63) is 54.4 Å². The summed E-state index contributed by atoms with van der Waals surface area (Å²) in [6, 6.07) is 13.3. The molecule has 7 nitrogen and oxygen atoms in total. The zero-order valence-corrected chi connectivity index (χ0v) is 14.8. The number of anilines is 1. The second-order valence-electron chi connectivity index (χ2n) is 6.46. The number of carbonyl (C=O) groups excluding carboxylic acids is 2. The van der Waals surface area contributed by atoms with Crippen molar-refractivity contribution in [3.8, 4) is 5.75 Å². The third kappa shape index (κ3) is 3.92. The maximum Gasteiger partial charge on any atom is 0.238 e. The number of carbonyl (C=O) groups is 2. The molecule has 2 heterocycles. The Bertz CT molecular complexity index is 996. The van der Waals surface area contributed by atoms with Crippen LogP contribution in [0.1, 0.15) is 24.8 Å². The Morgan fingerprint density at radius 2 is 2.11 bits per heavy atom. The fraction of sp³-hybridized carbons (Fsp3) is 0.250. The first-order valence-electron chi connectivity index (χ1n) is 8.96. The van der Waals surface area contributed by atoms with Gasteiger partial charge in [0.15, 0.2) is 0 Å². The number of aryl methyl sites for hydroxylation is 1. The van der Waals surface area contributed by atoms with Crippen LogP contribution in [-0.2, 0) is 16.0 Å². The highest BCUT2D eigenvalue weighted by Gasteiger charge is 2.15. The van der Waals surface area contributed by atoms with Gasteiger partial charge in [-0.15, -0.1) is 0 Å². The Balaban J connectivity index is 1.25. The summed E-state index contributed by atoms with van der Waals surface area (Å²) in [6.07, 6.45) is 3.78. The summed E-state index contributed by atoms with van der Waals surface area (Å²) in [5.74, 6) is 0.716. The van der Waals surface area contributed by atoms with Crippen LogP contribution in [0.3, 0.4) is 0 Å². The molecule has 0 atom stereocenters. The molecule has 1 aliphatic heterocycles. The maximum atomic E-state index is 12.1. The monoisotopic (exact) mass is 364 g/mol. The number of nitrogens with zero attached hydrogens (tertiary/aromatic N) is 2. The molecule has 0 saturated carbocycles. The number of benzene rings is 2. The number of aromatic nitrogens is 2. The van der Waals surface area contributed by atoms with Gasteiger partial charge in [-0.1, -0.05) is 12.1 Å². The van der Waals surface area contributed by atoms with Gasteiger partial charge in [-0.3, -0.25) is 15.0 Å². The summed E-state index contributed by atoms with van der Waals surface area (Å²) < 4.78 is 7.38. The Morgan fingerprint density at radius 1 is 1.22 bits per heavy atom. The van der Waals surface area contributed by atoms with Gasteiger partial charge >= 0.3 is 0 Å². The van der Waals surface area contributed by atoms with E-state index in [4.69, 9.17) is 4.74 Å². The van der Waals surface area contributed by atoms with Crippen molar-refractivity contribution in [1.29, 1.82) is 0 Å². The molecule has 0 spiro atoms. The molecule has 4 rings (SSSR count). The van der Waals surface area contributed by atoms with Crippen LogP contribution in [0.5, 0.6) is 5.75 Å². The molecular weight excluding hydrogens is 344 g/mol. The number of amides is 2. The lowest BCUT2D eigenvalue weighted by Gasteiger charge is -2.17. The van der Waals surface area contributed by atoms with Gasteiger partial charge in [-0.25, -0.2) is 9.66 Å². The summed E-state index contributed by atoms with van der Waals surface area (Å²) in [5.41, 5.74) is 6.46. The molecule has 0 radical (unpaired) electrons. The molecule has 0 aliphatic carbocycles. The zero-order chi connectivity index (χ0) is 18.6. The van der Waals surface area contributed by atoms with Gasteiger partial charge in [0.1, 0.15) is 12.1 Å². The minimum Gasteiger partial charge on any atom is -0.494 e. The quantitative estimate of drug-likeness (QED) is 0.659. The van der Waals surface area contributed by atoms with E-state index in [1.54, 1.807) is 11.0 Å². The van der Waals surface area contributed by atoms with Crippen molar-refractivity contribution in [2.24, 2.45) is 0 Å². The van der Waals surface area contributed by atoms with Crippen LogP contribution in [-0.4, -0.2) is 28.1 Å². The molecule has 3 aromatic rings. The van der Waals surface area contributed by atoms with E-state index in [2.05, 4.69) is 15.7 Å². The normalized spacial score (nSPS) is 13.1. The smallest absolute Gasteiger partial charge is 0.238 e. The molecule has 7 heteroatoms. The van der Waals surface area contributed by atoms with Crippen molar-refractivity contribution < 1.29 is 14.3 Å². The Kier molecular flexibility index (Phi) is 4.74. The van der Waals surface area contributed by atoms with Gasteiger partial charge in [0.2, 0.25) is 11.8 Å². The highest BCUT2D eigenvalue weighted by atomic mass is 16.5. The highest BCUT2D eigenvalue weighted by molar-refractivity contribution is 5.94. The number of hydrogen-bond donors (Lipinski definition) is 2. The number of hydrogen-bond acceptors (Lipinski definition) is 4. The first kappa shape index (κ1) is 17.1.